The van der Waals surface area contributed by atoms with Crippen LogP contribution in [0.2, 0.25) is 0 Å². The van der Waals surface area contributed by atoms with Gasteiger partial charge in [-0.3, -0.25) is 0 Å². The van der Waals surface area contributed by atoms with Crippen LogP contribution in [-0.2, 0) is 17.8 Å². The highest BCUT2D eigenvalue weighted by molar-refractivity contribution is 7.11. The van der Waals surface area contributed by atoms with Crippen LogP contribution in [0.25, 0.3) is 0 Å². The lowest BCUT2D eigenvalue weighted by atomic mass is 10.1. The molecule has 2 N–H and O–H groups in total. The summed E-state index contributed by atoms with van der Waals surface area (Å²) in [7, 11) is 1.70. The summed E-state index contributed by atoms with van der Waals surface area (Å²) in [5.41, 5.74) is 2.25. The number of aliphatic imine (C=N–C) groups is 1. The van der Waals surface area contributed by atoms with E-state index >= 15 is 0 Å². The van der Waals surface area contributed by atoms with Gasteiger partial charge in [-0.05, 0) is 32.4 Å². The Labute approximate surface area is 166 Å². The van der Waals surface area contributed by atoms with E-state index in [0.717, 1.165) is 35.2 Å². The van der Waals surface area contributed by atoms with Crippen LogP contribution in [0.3, 0.4) is 0 Å². The molecule has 0 aliphatic rings. The van der Waals surface area contributed by atoms with Gasteiger partial charge in [-0.2, -0.15) is 0 Å². The molecule has 6 nitrogen and oxygen atoms in total. The Morgan fingerprint density at radius 3 is 2.78 bits per heavy atom. The molecule has 0 saturated heterocycles. The Kier molecular flexibility index (Phi) is 9.07. The van der Waals surface area contributed by atoms with Gasteiger partial charge in [0, 0.05) is 43.3 Å². The molecule has 0 radical (unpaired) electrons. The van der Waals surface area contributed by atoms with Gasteiger partial charge in [0.25, 0.3) is 0 Å². The average molecular weight is 391 g/mol. The normalized spacial score (nSPS) is 11.5. The Morgan fingerprint density at radius 1 is 1.22 bits per heavy atom. The summed E-state index contributed by atoms with van der Waals surface area (Å²) in [6.45, 7) is 9.55. The van der Waals surface area contributed by atoms with Crippen molar-refractivity contribution in [3.8, 4) is 5.75 Å². The van der Waals surface area contributed by atoms with Gasteiger partial charge in [-0.25, -0.2) is 9.98 Å². The van der Waals surface area contributed by atoms with Gasteiger partial charge in [0.1, 0.15) is 5.75 Å². The number of methoxy groups -OCH3 is 1. The summed E-state index contributed by atoms with van der Waals surface area (Å²) < 4.78 is 11.0. The molecular weight excluding hydrogens is 360 g/mol. The molecule has 2 rings (SSSR count). The number of aromatic nitrogens is 1. The number of rotatable bonds is 10. The molecule has 1 heterocycles. The van der Waals surface area contributed by atoms with Crippen molar-refractivity contribution in [3.63, 3.8) is 0 Å². The van der Waals surface area contributed by atoms with E-state index in [1.54, 1.807) is 18.4 Å². The van der Waals surface area contributed by atoms with Gasteiger partial charge in [0.15, 0.2) is 5.96 Å². The minimum Gasteiger partial charge on any atom is -0.493 e. The van der Waals surface area contributed by atoms with Crippen LogP contribution in [0.15, 0.2) is 29.4 Å². The number of nitrogens with one attached hydrogen (secondary N) is 2. The van der Waals surface area contributed by atoms with Gasteiger partial charge in [-0.1, -0.05) is 12.1 Å². The van der Waals surface area contributed by atoms with E-state index in [9.17, 15) is 0 Å². The fourth-order valence-electron chi connectivity index (χ4n) is 2.48. The Hall–Kier alpha value is -2.12. The standard InChI is InChI=1S/C20H30N4O2S/c1-5-21-20(24-14-18-13-22-16(3)27-18)23-12-17-8-7-15(2)11-19(17)26-10-6-9-25-4/h7-8,11,13H,5-6,9-10,12,14H2,1-4H3,(H2,21,23,24). The monoisotopic (exact) mass is 390 g/mol. The molecule has 0 spiro atoms. The molecule has 0 aliphatic carbocycles. The first-order valence-corrected chi connectivity index (χ1v) is 10.1. The van der Waals surface area contributed by atoms with Gasteiger partial charge in [0.05, 0.1) is 24.7 Å². The molecule has 27 heavy (non-hydrogen) atoms. The lowest BCUT2D eigenvalue weighted by Gasteiger charge is -2.13. The number of ether oxygens (including phenoxy) is 2. The number of thiazole rings is 1. The molecular formula is C20H30N4O2S. The van der Waals surface area contributed by atoms with Crippen molar-refractivity contribution in [1.82, 2.24) is 15.6 Å². The smallest absolute Gasteiger partial charge is 0.191 e. The summed E-state index contributed by atoms with van der Waals surface area (Å²) in [6, 6.07) is 6.24. The predicted octanol–water partition coefficient (Wildman–Crippen LogP) is 3.43. The maximum absolute atomic E-state index is 5.95. The fraction of sp³-hybridized carbons (Fsp3) is 0.500. The molecule has 1 aromatic carbocycles. The third kappa shape index (κ3) is 7.56. The molecule has 0 aliphatic heterocycles. The van der Waals surface area contributed by atoms with Crippen LogP contribution in [-0.4, -0.2) is 37.8 Å². The fourth-order valence-corrected chi connectivity index (χ4v) is 3.21. The van der Waals surface area contributed by atoms with E-state index < -0.39 is 0 Å². The molecule has 148 valence electrons. The first-order valence-electron chi connectivity index (χ1n) is 9.27. The van der Waals surface area contributed by atoms with Crippen LogP contribution in [0.5, 0.6) is 5.75 Å². The van der Waals surface area contributed by atoms with Gasteiger partial charge in [0.2, 0.25) is 0 Å². The van der Waals surface area contributed by atoms with Crippen molar-refractivity contribution in [2.24, 2.45) is 4.99 Å². The Morgan fingerprint density at radius 2 is 2.07 bits per heavy atom. The largest absolute Gasteiger partial charge is 0.493 e. The number of hydrogen-bond donors (Lipinski definition) is 2. The number of nitrogens with zero attached hydrogens (tertiary/aromatic N) is 2. The SMILES string of the molecule is CCNC(=NCc1ccc(C)cc1OCCCOC)NCc1cnc(C)s1. The molecule has 0 unspecified atom stereocenters. The minimum atomic E-state index is 0.553. The van der Waals surface area contributed by atoms with E-state index in [2.05, 4.69) is 47.7 Å². The van der Waals surface area contributed by atoms with Crippen LogP contribution in [0.1, 0.15) is 34.4 Å². The van der Waals surface area contributed by atoms with E-state index in [1.807, 2.05) is 13.1 Å². The number of guanidine groups is 1. The number of benzene rings is 1. The van der Waals surface area contributed by atoms with Crippen molar-refractivity contribution in [2.75, 3.05) is 26.9 Å². The molecule has 7 heteroatoms. The maximum Gasteiger partial charge on any atom is 0.191 e. The zero-order valence-corrected chi connectivity index (χ0v) is 17.5. The number of aryl methyl sites for hydroxylation is 2. The van der Waals surface area contributed by atoms with Gasteiger partial charge < -0.3 is 20.1 Å². The molecule has 2 aromatic rings. The van der Waals surface area contributed by atoms with E-state index in [4.69, 9.17) is 14.5 Å². The minimum absolute atomic E-state index is 0.553. The Bertz CT molecular complexity index is 731. The maximum atomic E-state index is 5.95. The predicted molar refractivity (Wildman–Crippen MR) is 112 cm³/mol. The Balaban J connectivity index is 2.00. The van der Waals surface area contributed by atoms with Crippen LogP contribution in [0, 0.1) is 13.8 Å². The van der Waals surface area contributed by atoms with Gasteiger partial charge in [-0.15, -0.1) is 11.3 Å². The first-order chi connectivity index (χ1) is 13.1. The average Bonchev–Trinajstić information content (AvgIpc) is 3.07. The highest BCUT2D eigenvalue weighted by atomic mass is 32.1. The molecule has 0 saturated carbocycles. The van der Waals surface area contributed by atoms with E-state index in [-0.39, 0.29) is 0 Å². The van der Waals surface area contributed by atoms with Crippen molar-refractivity contribution < 1.29 is 9.47 Å². The van der Waals surface area contributed by atoms with Crippen molar-refractivity contribution >= 4 is 17.3 Å². The summed E-state index contributed by atoms with van der Waals surface area (Å²) in [5.74, 6) is 1.68. The third-order valence-corrected chi connectivity index (χ3v) is 4.74. The second-order valence-corrected chi connectivity index (χ2v) is 7.52. The lowest BCUT2D eigenvalue weighted by Crippen LogP contribution is -2.36. The van der Waals surface area contributed by atoms with Crippen LogP contribution in [0.4, 0.5) is 0 Å². The van der Waals surface area contributed by atoms with Crippen molar-refractivity contribution in [1.29, 1.82) is 0 Å². The highest BCUT2D eigenvalue weighted by Gasteiger charge is 2.06. The van der Waals surface area contributed by atoms with E-state index in [1.165, 1.54) is 10.4 Å². The quantitative estimate of drug-likeness (QED) is 0.370. The topological polar surface area (TPSA) is 67.8 Å². The first kappa shape index (κ1) is 21.2. The second-order valence-electron chi connectivity index (χ2n) is 6.20. The second kappa shape index (κ2) is 11.6. The van der Waals surface area contributed by atoms with Crippen molar-refractivity contribution in [2.45, 2.75) is 40.3 Å². The zero-order chi connectivity index (χ0) is 19.5. The lowest BCUT2D eigenvalue weighted by molar-refractivity contribution is 0.172. The summed E-state index contributed by atoms with van der Waals surface area (Å²) in [4.78, 5) is 10.2. The van der Waals surface area contributed by atoms with Gasteiger partial charge >= 0.3 is 0 Å². The molecule has 0 bridgehead atoms. The van der Waals surface area contributed by atoms with Crippen LogP contribution >= 0.6 is 11.3 Å². The third-order valence-electron chi connectivity index (χ3n) is 3.82. The molecule has 0 fully saturated rings. The summed E-state index contributed by atoms with van der Waals surface area (Å²) >= 11 is 1.69. The van der Waals surface area contributed by atoms with Crippen molar-refractivity contribution in [3.05, 3.63) is 45.4 Å². The number of hydrogen-bond acceptors (Lipinski definition) is 5. The van der Waals surface area contributed by atoms with Crippen LogP contribution < -0.4 is 15.4 Å². The molecule has 1 aromatic heterocycles. The summed E-state index contributed by atoms with van der Waals surface area (Å²) in [6.07, 6.45) is 2.77. The van der Waals surface area contributed by atoms with E-state index in [0.29, 0.717) is 26.3 Å². The zero-order valence-electron chi connectivity index (χ0n) is 16.7. The summed E-state index contributed by atoms with van der Waals surface area (Å²) in [5, 5.41) is 7.72. The molecule has 0 amide bonds. The highest BCUT2D eigenvalue weighted by Crippen LogP contribution is 2.21. The molecule has 0 atom stereocenters.